The van der Waals surface area contributed by atoms with E-state index in [1.54, 1.807) is 30.0 Å². The molecule has 0 unspecified atom stereocenters. The van der Waals surface area contributed by atoms with Gasteiger partial charge in [-0.15, -0.1) is 0 Å². The highest BCUT2D eigenvalue weighted by Gasteiger charge is 2.45. The molecule has 0 N–H and O–H groups in total. The molecule has 0 saturated carbocycles. The van der Waals surface area contributed by atoms with Crippen LogP contribution in [-0.4, -0.2) is 50.7 Å². The number of likely N-dealkylation sites (tertiary alicyclic amines) is 1. The molecule has 3 rings (SSSR count). The molecule has 1 aliphatic heterocycles. The number of carbonyl (C=O) groups is 2. The molecular formula is C24H27F2NO5. The Hall–Kier alpha value is -3.16. The fourth-order valence-electron chi connectivity index (χ4n) is 4.12. The van der Waals surface area contributed by atoms with E-state index in [-0.39, 0.29) is 31.0 Å². The third-order valence-electron chi connectivity index (χ3n) is 5.71. The van der Waals surface area contributed by atoms with E-state index >= 15 is 0 Å². The molecule has 172 valence electrons. The number of halogens is 2. The van der Waals surface area contributed by atoms with E-state index in [9.17, 15) is 18.4 Å². The van der Waals surface area contributed by atoms with Gasteiger partial charge in [0, 0.05) is 30.8 Å². The van der Waals surface area contributed by atoms with Crippen molar-refractivity contribution in [2.45, 2.75) is 26.2 Å². The number of piperidine rings is 1. The lowest BCUT2D eigenvalue weighted by Crippen LogP contribution is -2.51. The van der Waals surface area contributed by atoms with E-state index in [2.05, 4.69) is 0 Å². The number of benzene rings is 2. The van der Waals surface area contributed by atoms with Gasteiger partial charge in [-0.25, -0.2) is 8.78 Å². The number of methoxy groups -OCH3 is 2. The minimum absolute atomic E-state index is 0.00313. The van der Waals surface area contributed by atoms with E-state index in [4.69, 9.17) is 14.2 Å². The van der Waals surface area contributed by atoms with Gasteiger partial charge in [0.05, 0.1) is 26.2 Å². The molecule has 1 saturated heterocycles. The SMILES string of the molecule is CCOC(=O)[C@@]1(Cc2ccc(F)cc2F)CCCN(C(=O)c2cc(OC)cc(OC)c2)C1. The maximum atomic E-state index is 14.4. The van der Waals surface area contributed by atoms with E-state index in [0.717, 1.165) is 12.1 Å². The first-order valence-electron chi connectivity index (χ1n) is 10.5. The molecule has 2 aromatic carbocycles. The van der Waals surface area contributed by atoms with Crippen LogP contribution in [0.3, 0.4) is 0 Å². The summed E-state index contributed by atoms with van der Waals surface area (Å²) in [5, 5.41) is 0. The third kappa shape index (κ3) is 5.00. The Morgan fingerprint density at radius 3 is 2.34 bits per heavy atom. The molecule has 1 heterocycles. The van der Waals surface area contributed by atoms with Crippen molar-refractivity contribution in [3.63, 3.8) is 0 Å². The summed E-state index contributed by atoms with van der Waals surface area (Å²) in [4.78, 5) is 27.9. The summed E-state index contributed by atoms with van der Waals surface area (Å²) >= 11 is 0. The first kappa shape index (κ1) is 23.5. The van der Waals surface area contributed by atoms with Gasteiger partial charge in [0.1, 0.15) is 23.1 Å². The predicted molar refractivity (Wildman–Crippen MR) is 114 cm³/mol. The molecule has 0 spiro atoms. The Morgan fingerprint density at radius 1 is 1.06 bits per heavy atom. The Bertz CT molecular complexity index is 974. The number of esters is 1. The van der Waals surface area contributed by atoms with E-state index in [1.165, 1.54) is 20.3 Å². The van der Waals surface area contributed by atoms with E-state index in [1.807, 2.05) is 0 Å². The quantitative estimate of drug-likeness (QED) is 0.600. The van der Waals surface area contributed by atoms with Crippen LogP contribution in [0.5, 0.6) is 11.5 Å². The van der Waals surface area contributed by atoms with Crippen LogP contribution < -0.4 is 9.47 Å². The highest BCUT2D eigenvalue weighted by molar-refractivity contribution is 5.95. The van der Waals surface area contributed by atoms with Crippen molar-refractivity contribution >= 4 is 11.9 Å². The zero-order valence-electron chi connectivity index (χ0n) is 18.5. The molecule has 1 amide bonds. The number of amides is 1. The summed E-state index contributed by atoms with van der Waals surface area (Å²) in [5.74, 6) is -1.28. The Kier molecular flexibility index (Phi) is 7.33. The summed E-state index contributed by atoms with van der Waals surface area (Å²) in [6.45, 7) is 2.35. The molecule has 32 heavy (non-hydrogen) atoms. The van der Waals surface area contributed by atoms with Gasteiger partial charge in [-0.05, 0) is 49.9 Å². The van der Waals surface area contributed by atoms with Crippen LogP contribution in [0, 0.1) is 17.0 Å². The molecule has 0 bridgehead atoms. The molecule has 2 aromatic rings. The van der Waals surface area contributed by atoms with Gasteiger partial charge in [-0.2, -0.15) is 0 Å². The third-order valence-corrected chi connectivity index (χ3v) is 5.71. The summed E-state index contributed by atoms with van der Waals surface area (Å²) in [7, 11) is 2.99. The molecule has 1 atom stereocenters. The lowest BCUT2D eigenvalue weighted by molar-refractivity contribution is -0.158. The van der Waals surface area contributed by atoms with Crippen molar-refractivity contribution < 1.29 is 32.6 Å². The maximum Gasteiger partial charge on any atom is 0.314 e. The van der Waals surface area contributed by atoms with E-state index in [0.29, 0.717) is 36.4 Å². The molecule has 8 heteroatoms. The molecule has 1 fully saturated rings. The average molecular weight is 447 g/mol. The van der Waals surface area contributed by atoms with Gasteiger partial charge in [0.2, 0.25) is 0 Å². The standard InChI is InChI=1S/C24H27F2NO5/c1-4-32-23(29)24(14-16-6-7-18(25)12-21(16)26)8-5-9-27(15-24)22(28)17-10-19(30-2)13-20(11-17)31-3/h6-7,10-13H,4-5,8-9,14-15H2,1-3H3/t24-/m1/s1. The Balaban J connectivity index is 1.93. The minimum atomic E-state index is -1.13. The monoisotopic (exact) mass is 447 g/mol. The van der Waals surface area contributed by atoms with Crippen molar-refractivity contribution in [1.82, 2.24) is 4.90 Å². The average Bonchev–Trinajstić information content (AvgIpc) is 2.80. The highest BCUT2D eigenvalue weighted by Crippen LogP contribution is 2.37. The summed E-state index contributed by atoms with van der Waals surface area (Å²) < 4.78 is 43.6. The van der Waals surface area contributed by atoms with Gasteiger partial charge >= 0.3 is 5.97 Å². The first-order valence-corrected chi connectivity index (χ1v) is 10.5. The Labute approximate surface area is 186 Å². The number of hydrogen-bond donors (Lipinski definition) is 0. The predicted octanol–water partition coefficient (Wildman–Crippen LogP) is 4.01. The van der Waals surface area contributed by atoms with Crippen LogP contribution in [0.4, 0.5) is 8.78 Å². The van der Waals surface area contributed by atoms with Crippen molar-refractivity contribution in [1.29, 1.82) is 0 Å². The zero-order valence-corrected chi connectivity index (χ0v) is 18.5. The highest BCUT2D eigenvalue weighted by atomic mass is 19.1. The smallest absolute Gasteiger partial charge is 0.314 e. The van der Waals surface area contributed by atoms with Crippen LogP contribution >= 0.6 is 0 Å². The fraction of sp³-hybridized carbons (Fsp3) is 0.417. The molecular weight excluding hydrogens is 420 g/mol. The van der Waals surface area contributed by atoms with Gasteiger partial charge < -0.3 is 19.1 Å². The molecule has 1 aliphatic rings. The molecule has 0 radical (unpaired) electrons. The number of ether oxygens (including phenoxy) is 3. The van der Waals surface area contributed by atoms with Crippen LogP contribution in [0.2, 0.25) is 0 Å². The summed E-state index contributed by atoms with van der Waals surface area (Å²) in [6.07, 6.45) is 0.964. The lowest BCUT2D eigenvalue weighted by Gasteiger charge is -2.41. The molecule has 0 aromatic heterocycles. The molecule has 0 aliphatic carbocycles. The second-order valence-corrected chi connectivity index (χ2v) is 7.84. The lowest BCUT2D eigenvalue weighted by atomic mass is 9.74. The minimum Gasteiger partial charge on any atom is -0.497 e. The number of nitrogens with zero attached hydrogens (tertiary/aromatic N) is 1. The molecule has 6 nitrogen and oxygen atoms in total. The van der Waals surface area contributed by atoms with Crippen LogP contribution in [0.25, 0.3) is 0 Å². The van der Waals surface area contributed by atoms with Gasteiger partial charge in [0.15, 0.2) is 0 Å². The second-order valence-electron chi connectivity index (χ2n) is 7.84. The van der Waals surface area contributed by atoms with Crippen molar-refractivity contribution in [2.75, 3.05) is 33.9 Å². The summed E-state index contributed by atoms with van der Waals surface area (Å²) in [6, 6.07) is 8.15. The van der Waals surface area contributed by atoms with Crippen molar-refractivity contribution in [2.24, 2.45) is 5.41 Å². The normalized spacial score (nSPS) is 18.2. The van der Waals surface area contributed by atoms with Gasteiger partial charge in [-0.3, -0.25) is 9.59 Å². The Morgan fingerprint density at radius 2 is 1.75 bits per heavy atom. The zero-order chi connectivity index (χ0) is 23.3. The maximum absolute atomic E-state index is 14.4. The first-order chi connectivity index (χ1) is 15.3. The largest absolute Gasteiger partial charge is 0.497 e. The van der Waals surface area contributed by atoms with Crippen molar-refractivity contribution in [3.8, 4) is 11.5 Å². The topological polar surface area (TPSA) is 65.1 Å². The van der Waals surface area contributed by atoms with Gasteiger partial charge in [-0.1, -0.05) is 6.07 Å². The van der Waals surface area contributed by atoms with Crippen LogP contribution in [0.1, 0.15) is 35.7 Å². The van der Waals surface area contributed by atoms with Crippen LogP contribution in [-0.2, 0) is 16.0 Å². The summed E-state index contributed by atoms with van der Waals surface area (Å²) in [5.41, 5.74) is -0.573. The number of hydrogen-bond acceptors (Lipinski definition) is 5. The van der Waals surface area contributed by atoms with Crippen LogP contribution in [0.15, 0.2) is 36.4 Å². The second kappa shape index (κ2) is 9.97. The van der Waals surface area contributed by atoms with E-state index < -0.39 is 23.0 Å². The van der Waals surface area contributed by atoms with Crippen molar-refractivity contribution in [3.05, 3.63) is 59.2 Å². The number of carbonyl (C=O) groups excluding carboxylic acids is 2. The fourth-order valence-corrected chi connectivity index (χ4v) is 4.12. The number of rotatable bonds is 7. The van der Waals surface area contributed by atoms with Gasteiger partial charge in [0.25, 0.3) is 5.91 Å².